The van der Waals surface area contributed by atoms with Crippen LogP contribution >= 0.6 is 0 Å². The van der Waals surface area contributed by atoms with Crippen LogP contribution < -0.4 is 0 Å². The zero-order chi connectivity index (χ0) is 15.6. The number of carbonyl (C=O) groups is 1. The number of rotatable bonds is 2. The lowest BCUT2D eigenvalue weighted by Crippen LogP contribution is -2.39. The molecule has 0 aromatic carbocycles. The van der Waals surface area contributed by atoms with Crippen LogP contribution in [0.2, 0.25) is 0 Å². The van der Waals surface area contributed by atoms with E-state index in [1.54, 1.807) is 0 Å². The molecule has 1 amide bonds. The molecule has 0 radical (unpaired) electrons. The normalized spacial score (nSPS) is 19.5. The first-order valence-electron chi connectivity index (χ1n) is 8.25. The molecule has 0 spiro atoms. The molecule has 1 saturated heterocycles. The molecule has 2 aliphatic rings. The van der Waals surface area contributed by atoms with Gasteiger partial charge in [-0.1, -0.05) is 6.07 Å². The summed E-state index contributed by atoms with van der Waals surface area (Å²) in [7, 11) is 0. The van der Waals surface area contributed by atoms with Crippen molar-refractivity contribution in [3.05, 3.63) is 42.1 Å². The molecular weight excluding hydrogens is 292 g/mol. The SMILES string of the molecule is O=C(C1=CCCCO1)N1CCC(c2nnc3ccccn23)CC1. The van der Waals surface area contributed by atoms with Crippen LogP contribution in [0.3, 0.4) is 0 Å². The average molecular weight is 312 g/mol. The van der Waals surface area contributed by atoms with Gasteiger partial charge in [0, 0.05) is 25.2 Å². The maximum atomic E-state index is 12.5. The van der Waals surface area contributed by atoms with E-state index in [4.69, 9.17) is 4.74 Å². The minimum Gasteiger partial charge on any atom is -0.488 e. The summed E-state index contributed by atoms with van der Waals surface area (Å²) in [6.07, 6.45) is 7.68. The Morgan fingerprint density at radius 1 is 1.22 bits per heavy atom. The van der Waals surface area contributed by atoms with E-state index in [1.165, 1.54) is 0 Å². The molecule has 0 unspecified atom stereocenters. The molecular formula is C17H20N4O2. The fourth-order valence-corrected chi connectivity index (χ4v) is 3.34. The summed E-state index contributed by atoms with van der Waals surface area (Å²) in [5.41, 5.74) is 0.877. The molecule has 120 valence electrons. The van der Waals surface area contributed by atoms with Crippen molar-refractivity contribution in [2.45, 2.75) is 31.6 Å². The summed E-state index contributed by atoms with van der Waals surface area (Å²) < 4.78 is 7.54. The molecule has 0 aliphatic carbocycles. The molecule has 6 nitrogen and oxygen atoms in total. The molecule has 0 bridgehead atoms. The van der Waals surface area contributed by atoms with Gasteiger partial charge in [0.05, 0.1) is 6.61 Å². The Bertz CT molecular complexity index is 744. The van der Waals surface area contributed by atoms with E-state index in [9.17, 15) is 4.79 Å². The first kappa shape index (κ1) is 14.2. The number of hydrogen-bond donors (Lipinski definition) is 0. The van der Waals surface area contributed by atoms with E-state index in [1.807, 2.05) is 35.4 Å². The fraction of sp³-hybridized carbons (Fsp3) is 0.471. The summed E-state index contributed by atoms with van der Waals surface area (Å²) in [4.78, 5) is 14.4. The Labute approximate surface area is 134 Å². The van der Waals surface area contributed by atoms with Gasteiger partial charge in [-0.05, 0) is 43.9 Å². The second-order valence-corrected chi connectivity index (χ2v) is 6.11. The number of nitrogens with zero attached hydrogens (tertiary/aromatic N) is 4. The molecule has 2 aliphatic heterocycles. The lowest BCUT2D eigenvalue weighted by Gasteiger charge is -2.32. The monoisotopic (exact) mass is 312 g/mol. The minimum absolute atomic E-state index is 0.0363. The van der Waals surface area contributed by atoms with Gasteiger partial charge in [-0.15, -0.1) is 10.2 Å². The highest BCUT2D eigenvalue weighted by molar-refractivity contribution is 5.91. The van der Waals surface area contributed by atoms with Crippen LogP contribution in [0.25, 0.3) is 5.65 Å². The van der Waals surface area contributed by atoms with E-state index in [0.29, 0.717) is 18.3 Å². The fourth-order valence-electron chi connectivity index (χ4n) is 3.34. The summed E-state index contributed by atoms with van der Waals surface area (Å²) in [5.74, 6) is 1.91. The second kappa shape index (κ2) is 6.02. The topological polar surface area (TPSA) is 59.7 Å². The highest BCUT2D eigenvalue weighted by atomic mass is 16.5. The maximum Gasteiger partial charge on any atom is 0.288 e. The van der Waals surface area contributed by atoms with Crippen molar-refractivity contribution in [3.8, 4) is 0 Å². The largest absolute Gasteiger partial charge is 0.488 e. The van der Waals surface area contributed by atoms with Crippen LogP contribution in [0.4, 0.5) is 0 Å². The number of likely N-dealkylation sites (tertiary alicyclic amines) is 1. The Kier molecular flexibility index (Phi) is 3.73. The first-order chi connectivity index (χ1) is 11.3. The van der Waals surface area contributed by atoms with Crippen LogP contribution in [0.15, 0.2) is 36.2 Å². The number of pyridine rings is 1. The Hall–Kier alpha value is -2.37. The summed E-state index contributed by atoms with van der Waals surface area (Å²) in [5, 5.41) is 8.58. The van der Waals surface area contributed by atoms with Crippen molar-refractivity contribution >= 4 is 11.6 Å². The van der Waals surface area contributed by atoms with Gasteiger partial charge in [0.2, 0.25) is 0 Å². The summed E-state index contributed by atoms with van der Waals surface area (Å²) >= 11 is 0. The molecule has 2 aromatic rings. The number of amides is 1. The highest BCUT2D eigenvalue weighted by Gasteiger charge is 2.29. The van der Waals surface area contributed by atoms with E-state index >= 15 is 0 Å². The van der Waals surface area contributed by atoms with Gasteiger partial charge < -0.3 is 9.64 Å². The Balaban J connectivity index is 1.45. The maximum absolute atomic E-state index is 12.5. The van der Waals surface area contributed by atoms with E-state index in [2.05, 4.69) is 14.6 Å². The Morgan fingerprint density at radius 2 is 2.09 bits per heavy atom. The molecule has 0 saturated carbocycles. The number of hydrogen-bond acceptors (Lipinski definition) is 4. The lowest BCUT2D eigenvalue weighted by atomic mass is 9.95. The smallest absolute Gasteiger partial charge is 0.288 e. The number of piperidine rings is 1. The van der Waals surface area contributed by atoms with Gasteiger partial charge in [-0.25, -0.2) is 0 Å². The number of allylic oxidation sites excluding steroid dienone is 1. The third-order valence-electron chi connectivity index (χ3n) is 4.63. The predicted molar refractivity (Wildman–Crippen MR) is 84.8 cm³/mol. The van der Waals surface area contributed by atoms with Gasteiger partial charge in [0.15, 0.2) is 11.4 Å². The quantitative estimate of drug-likeness (QED) is 0.852. The van der Waals surface area contributed by atoms with Gasteiger partial charge in [0.25, 0.3) is 5.91 Å². The highest BCUT2D eigenvalue weighted by Crippen LogP contribution is 2.28. The molecule has 6 heteroatoms. The van der Waals surface area contributed by atoms with Gasteiger partial charge in [-0.3, -0.25) is 9.20 Å². The molecule has 23 heavy (non-hydrogen) atoms. The van der Waals surface area contributed by atoms with Crippen LogP contribution in [0, 0.1) is 0 Å². The van der Waals surface area contributed by atoms with Gasteiger partial charge in [0.1, 0.15) is 5.82 Å². The Morgan fingerprint density at radius 3 is 2.87 bits per heavy atom. The van der Waals surface area contributed by atoms with Crippen molar-refractivity contribution < 1.29 is 9.53 Å². The molecule has 4 heterocycles. The average Bonchev–Trinajstić information content (AvgIpc) is 3.06. The predicted octanol–water partition coefficient (Wildman–Crippen LogP) is 2.13. The minimum atomic E-state index is 0.0363. The summed E-state index contributed by atoms with van der Waals surface area (Å²) in [6.45, 7) is 2.14. The number of ether oxygens (including phenoxy) is 1. The number of carbonyl (C=O) groups excluding carboxylic acids is 1. The van der Waals surface area contributed by atoms with Crippen LogP contribution in [0.5, 0.6) is 0 Å². The van der Waals surface area contributed by atoms with Crippen molar-refractivity contribution in [2.24, 2.45) is 0 Å². The molecule has 0 atom stereocenters. The standard InChI is InChI=1S/C17H20N4O2/c22-17(14-5-2-4-12-23-14)20-10-7-13(8-11-20)16-19-18-15-6-1-3-9-21(15)16/h1,3,5-6,9,13H,2,4,7-8,10-12H2. The van der Waals surface area contributed by atoms with Crippen LogP contribution in [-0.2, 0) is 9.53 Å². The summed E-state index contributed by atoms with van der Waals surface area (Å²) in [6, 6.07) is 5.92. The first-order valence-corrected chi connectivity index (χ1v) is 8.25. The molecule has 4 rings (SSSR count). The lowest BCUT2D eigenvalue weighted by molar-refractivity contribution is -0.132. The number of fused-ring (bicyclic) bond motifs is 1. The van der Waals surface area contributed by atoms with Crippen LogP contribution in [0.1, 0.15) is 37.4 Å². The molecule has 2 aromatic heterocycles. The van der Waals surface area contributed by atoms with Gasteiger partial charge in [-0.2, -0.15) is 0 Å². The van der Waals surface area contributed by atoms with E-state index in [-0.39, 0.29) is 5.91 Å². The van der Waals surface area contributed by atoms with Gasteiger partial charge >= 0.3 is 0 Å². The van der Waals surface area contributed by atoms with Crippen molar-refractivity contribution in [1.82, 2.24) is 19.5 Å². The second-order valence-electron chi connectivity index (χ2n) is 6.11. The molecule has 0 N–H and O–H groups in total. The third-order valence-corrected chi connectivity index (χ3v) is 4.63. The van der Waals surface area contributed by atoms with Crippen molar-refractivity contribution in [1.29, 1.82) is 0 Å². The zero-order valence-corrected chi connectivity index (χ0v) is 13.0. The van der Waals surface area contributed by atoms with Crippen LogP contribution in [-0.4, -0.2) is 45.1 Å². The van der Waals surface area contributed by atoms with E-state index in [0.717, 1.165) is 50.2 Å². The van der Waals surface area contributed by atoms with E-state index < -0.39 is 0 Å². The van der Waals surface area contributed by atoms with Crippen molar-refractivity contribution in [3.63, 3.8) is 0 Å². The molecule has 1 fully saturated rings. The van der Waals surface area contributed by atoms with Crippen molar-refractivity contribution in [2.75, 3.05) is 19.7 Å². The number of aromatic nitrogens is 3. The zero-order valence-electron chi connectivity index (χ0n) is 13.0. The third kappa shape index (κ3) is 2.69.